The zero-order chi connectivity index (χ0) is 14.1. The maximum Gasteiger partial charge on any atom is 0.419 e. The van der Waals surface area contributed by atoms with Crippen LogP contribution in [0.2, 0.25) is 0 Å². The first-order valence-electron chi connectivity index (χ1n) is 6.63. The number of fused-ring (bicyclic) bond motifs is 1. The van der Waals surface area contributed by atoms with Crippen molar-refractivity contribution >= 4 is 16.8 Å². The van der Waals surface area contributed by atoms with Gasteiger partial charge in [0.1, 0.15) is 0 Å². The highest BCUT2D eigenvalue weighted by Gasteiger charge is 2.19. The summed E-state index contributed by atoms with van der Waals surface area (Å²) in [5.74, 6) is -0.104. The number of nitrogens with one attached hydrogen (secondary N) is 1. The molecule has 1 atom stereocenters. The van der Waals surface area contributed by atoms with Gasteiger partial charge in [0.25, 0.3) is 5.69 Å². The van der Waals surface area contributed by atoms with Gasteiger partial charge in [-0.25, -0.2) is 4.79 Å². The first-order valence-corrected chi connectivity index (χ1v) is 6.63. The molecule has 2 heterocycles. The van der Waals surface area contributed by atoms with Crippen LogP contribution in [0.4, 0.5) is 5.69 Å². The SMILES string of the molecule is O=c1oc2ccc([N+](=O)[O-])cc2n1CC1CCCNC1. The Morgan fingerprint density at radius 1 is 1.50 bits per heavy atom. The van der Waals surface area contributed by atoms with E-state index in [0.29, 0.717) is 23.6 Å². The van der Waals surface area contributed by atoms with Crippen molar-refractivity contribution < 1.29 is 9.34 Å². The molecule has 0 amide bonds. The highest BCUT2D eigenvalue weighted by molar-refractivity contribution is 5.75. The van der Waals surface area contributed by atoms with Gasteiger partial charge in [-0.1, -0.05) is 0 Å². The summed E-state index contributed by atoms with van der Waals surface area (Å²) in [4.78, 5) is 22.3. The largest absolute Gasteiger partial charge is 0.419 e. The molecule has 0 spiro atoms. The van der Waals surface area contributed by atoms with Crippen molar-refractivity contribution in [2.75, 3.05) is 13.1 Å². The fraction of sp³-hybridized carbons (Fsp3) is 0.462. The molecule has 1 saturated heterocycles. The van der Waals surface area contributed by atoms with E-state index in [2.05, 4.69) is 5.32 Å². The lowest BCUT2D eigenvalue weighted by Gasteiger charge is -2.22. The van der Waals surface area contributed by atoms with Crippen molar-refractivity contribution in [3.63, 3.8) is 0 Å². The Morgan fingerprint density at radius 3 is 3.05 bits per heavy atom. The average Bonchev–Trinajstić information content (AvgIpc) is 2.75. The minimum atomic E-state index is -0.469. The molecule has 2 aromatic rings. The molecule has 1 unspecified atom stereocenters. The first kappa shape index (κ1) is 12.9. The molecule has 3 rings (SSSR count). The van der Waals surface area contributed by atoms with E-state index in [9.17, 15) is 14.9 Å². The maximum absolute atomic E-state index is 11.9. The standard InChI is InChI=1S/C13H15N3O4/c17-13-15(8-9-2-1-5-14-7-9)11-6-10(16(18)19)3-4-12(11)20-13/h3-4,6,9,14H,1-2,5,7-8H2. The van der Waals surface area contributed by atoms with Crippen molar-refractivity contribution in [3.05, 3.63) is 38.9 Å². The molecule has 106 valence electrons. The number of hydrogen-bond donors (Lipinski definition) is 1. The molecule has 1 aliphatic rings. The van der Waals surface area contributed by atoms with Crippen molar-refractivity contribution in [3.8, 4) is 0 Å². The van der Waals surface area contributed by atoms with Gasteiger partial charge in [-0.15, -0.1) is 0 Å². The molecule has 20 heavy (non-hydrogen) atoms. The molecule has 7 nitrogen and oxygen atoms in total. The molecule has 1 fully saturated rings. The normalized spacial score (nSPS) is 19.3. The zero-order valence-corrected chi connectivity index (χ0v) is 10.9. The van der Waals surface area contributed by atoms with Crippen LogP contribution in [-0.4, -0.2) is 22.6 Å². The molecule has 1 N–H and O–H groups in total. The Hall–Kier alpha value is -2.15. The smallest absolute Gasteiger partial charge is 0.408 e. The number of nitro groups is 1. The highest BCUT2D eigenvalue weighted by atomic mass is 16.6. The third-order valence-electron chi connectivity index (χ3n) is 3.70. The second-order valence-electron chi connectivity index (χ2n) is 5.10. The second kappa shape index (κ2) is 5.09. The predicted molar refractivity (Wildman–Crippen MR) is 72.7 cm³/mol. The van der Waals surface area contributed by atoms with Gasteiger partial charge in [-0.05, 0) is 37.9 Å². The van der Waals surface area contributed by atoms with E-state index in [1.807, 2.05) is 0 Å². The number of oxazole rings is 1. The van der Waals surface area contributed by atoms with Crippen LogP contribution in [0.5, 0.6) is 0 Å². The Balaban J connectivity index is 1.99. The van der Waals surface area contributed by atoms with Crippen molar-refractivity contribution in [1.29, 1.82) is 0 Å². The number of nitrogens with zero attached hydrogens (tertiary/aromatic N) is 2. The molecule has 0 radical (unpaired) electrons. The molecule has 1 aromatic heterocycles. The molecular formula is C13H15N3O4. The van der Waals surface area contributed by atoms with E-state index < -0.39 is 10.7 Å². The topological polar surface area (TPSA) is 90.3 Å². The van der Waals surface area contributed by atoms with Crippen LogP contribution in [-0.2, 0) is 6.54 Å². The zero-order valence-electron chi connectivity index (χ0n) is 10.9. The van der Waals surface area contributed by atoms with Crippen LogP contribution >= 0.6 is 0 Å². The van der Waals surface area contributed by atoms with E-state index >= 15 is 0 Å². The predicted octanol–water partition coefficient (Wildman–Crippen LogP) is 1.50. The van der Waals surface area contributed by atoms with Crippen LogP contribution in [0.3, 0.4) is 0 Å². The van der Waals surface area contributed by atoms with Crippen molar-refractivity contribution in [2.24, 2.45) is 5.92 Å². The van der Waals surface area contributed by atoms with Gasteiger partial charge in [-0.2, -0.15) is 0 Å². The summed E-state index contributed by atoms with van der Waals surface area (Å²) in [5.41, 5.74) is 0.855. The van der Waals surface area contributed by atoms with E-state index in [-0.39, 0.29) is 5.69 Å². The summed E-state index contributed by atoms with van der Waals surface area (Å²) >= 11 is 0. The Kier molecular flexibility index (Phi) is 3.27. The summed E-state index contributed by atoms with van der Waals surface area (Å²) < 4.78 is 6.64. The number of rotatable bonds is 3. The van der Waals surface area contributed by atoms with Gasteiger partial charge in [-0.3, -0.25) is 14.7 Å². The number of piperidine rings is 1. The van der Waals surface area contributed by atoms with E-state index in [1.54, 1.807) is 0 Å². The van der Waals surface area contributed by atoms with Crippen LogP contribution in [0.1, 0.15) is 12.8 Å². The molecule has 7 heteroatoms. The molecule has 0 saturated carbocycles. The van der Waals surface area contributed by atoms with Crippen LogP contribution in [0.15, 0.2) is 27.4 Å². The minimum Gasteiger partial charge on any atom is -0.408 e. The average molecular weight is 277 g/mol. The monoisotopic (exact) mass is 277 g/mol. The molecular weight excluding hydrogens is 262 g/mol. The molecule has 0 bridgehead atoms. The van der Waals surface area contributed by atoms with Gasteiger partial charge in [0, 0.05) is 18.7 Å². The van der Waals surface area contributed by atoms with Gasteiger partial charge in [0.2, 0.25) is 0 Å². The van der Waals surface area contributed by atoms with Crippen LogP contribution in [0.25, 0.3) is 11.1 Å². The van der Waals surface area contributed by atoms with Crippen molar-refractivity contribution in [2.45, 2.75) is 19.4 Å². The van der Waals surface area contributed by atoms with Crippen LogP contribution in [0, 0.1) is 16.0 Å². The number of benzene rings is 1. The van der Waals surface area contributed by atoms with Crippen molar-refractivity contribution in [1.82, 2.24) is 9.88 Å². The molecule has 0 aliphatic carbocycles. The lowest BCUT2D eigenvalue weighted by atomic mass is 10.00. The third-order valence-corrected chi connectivity index (χ3v) is 3.70. The molecule has 1 aromatic carbocycles. The molecule has 1 aliphatic heterocycles. The minimum absolute atomic E-state index is 0.0335. The number of hydrogen-bond acceptors (Lipinski definition) is 5. The Labute approximate surface area is 114 Å². The van der Waals surface area contributed by atoms with E-state index in [0.717, 1.165) is 25.9 Å². The maximum atomic E-state index is 11.9. The lowest BCUT2D eigenvalue weighted by molar-refractivity contribution is -0.384. The number of non-ortho nitro benzene ring substituents is 1. The summed E-state index contributed by atoms with van der Waals surface area (Å²) in [5, 5.41) is 14.1. The highest BCUT2D eigenvalue weighted by Crippen LogP contribution is 2.22. The summed E-state index contributed by atoms with van der Waals surface area (Å²) in [6, 6.07) is 4.22. The summed E-state index contributed by atoms with van der Waals surface area (Å²) in [6.45, 7) is 2.39. The van der Waals surface area contributed by atoms with Gasteiger partial charge < -0.3 is 9.73 Å². The number of aromatic nitrogens is 1. The third kappa shape index (κ3) is 2.32. The Bertz CT molecular complexity index is 697. The van der Waals surface area contributed by atoms with E-state index in [1.165, 1.54) is 22.8 Å². The summed E-state index contributed by atoms with van der Waals surface area (Å²) in [7, 11) is 0. The lowest BCUT2D eigenvalue weighted by Crippen LogP contribution is -2.33. The van der Waals surface area contributed by atoms with Gasteiger partial charge in [0.05, 0.1) is 10.4 Å². The summed E-state index contributed by atoms with van der Waals surface area (Å²) in [6.07, 6.45) is 2.12. The van der Waals surface area contributed by atoms with Gasteiger partial charge in [0.15, 0.2) is 5.58 Å². The fourth-order valence-electron chi connectivity index (χ4n) is 2.67. The second-order valence-corrected chi connectivity index (χ2v) is 5.10. The van der Waals surface area contributed by atoms with E-state index in [4.69, 9.17) is 4.42 Å². The number of nitro benzene ring substituents is 1. The first-order chi connectivity index (χ1) is 9.65. The Morgan fingerprint density at radius 2 is 2.35 bits per heavy atom. The van der Waals surface area contributed by atoms with Crippen LogP contribution < -0.4 is 11.1 Å². The van der Waals surface area contributed by atoms with Gasteiger partial charge >= 0.3 is 5.76 Å². The quantitative estimate of drug-likeness (QED) is 0.678. The fourth-order valence-corrected chi connectivity index (χ4v) is 2.67.